The molecule has 0 aliphatic heterocycles. The van der Waals surface area contributed by atoms with E-state index in [0.29, 0.717) is 23.4 Å². The van der Waals surface area contributed by atoms with E-state index in [0.717, 1.165) is 0 Å². The lowest BCUT2D eigenvalue weighted by Gasteiger charge is -2.15. The highest BCUT2D eigenvalue weighted by Crippen LogP contribution is 2.39. The van der Waals surface area contributed by atoms with Crippen LogP contribution in [0.15, 0.2) is 18.2 Å². The largest absolute Gasteiger partial charge is 0.437 e. The SMILES string of the molecule is Cc1nnc(Oc2cc(C(F)(F)F)cc(C(F)(F)F)c2)c(C#N)c1C. The Bertz CT molecular complexity index is 820. The van der Waals surface area contributed by atoms with Gasteiger partial charge in [-0.1, -0.05) is 0 Å². The summed E-state index contributed by atoms with van der Waals surface area (Å²) in [6, 6.07) is 2.51. The quantitative estimate of drug-likeness (QED) is 0.722. The van der Waals surface area contributed by atoms with Crippen molar-refractivity contribution >= 4 is 0 Å². The van der Waals surface area contributed by atoms with Crippen molar-refractivity contribution < 1.29 is 31.1 Å². The molecular weight excluding hydrogens is 352 g/mol. The summed E-state index contributed by atoms with van der Waals surface area (Å²) in [7, 11) is 0. The number of benzene rings is 1. The zero-order chi connectivity index (χ0) is 19.0. The van der Waals surface area contributed by atoms with E-state index in [1.807, 2.05) is 0 Å². The molecule has 0 aliphatic carbocycles. The fourth-order valence-electron chi connectivity index (χ4n) is 1.89. The highest BCUT2D eigenvalue weighted by atomic mass is 19.4. The van der Waals surface area contributed by atoms with Crippen molar-refractivity contribution in [1.29, 1.82) is 5.26 Å². The summed E-state index contributed by atoms with van der Waals surface area (Å²) in [6.45, 7) is 3.04. The molecule has 0 bridgehead atoms. The molecule has 1 heterocycles. The molecule has 25 heavy (non-hydrogen) atoms. The normalized spacial score (nSPS) is 12.0. The number of rotatable bonds is 2. The average molecular weight is 361 g/mol. The highest BCUT2D eigenvalue weighted by molar-refractivity contribution is 5.47. The maximum absolute atomic E-state index is 12.8. The summed E-state index contributed by atoms with van der Waals surface area (Å²) in [5.41, 5.74) is -2.46. The van der Waals surface area contributed by atoms with Gasteiger partial charge in [-0.25, -0.2) is 0 Å². The molecule has 132 valence electrons. The number of alkyl halides is 6. The molecule has 0 unspecified atom stereocenters. The van der Waals surface area contributed by atoms with Crippen LogP contribution < -0.4 is 4.74 Å². The summed E-state index contributed by atoms with van der Waals surface area (Å²) < 4.78 is 82.0. The predicted molar refractivity (Wildman–Crippen MR) is 72.7 cm³/mol. The van der Waals surface area contributed by atoms with E-state index < -0.39 is 35.1 Å². The lowest BCUT2D eigenvalue weighted by Crippen LogP contribution is -2.11. The van der Waals surface area contributed by atoms with Gasteiger partial charge in [0.25, 0.3) is 5.88 Å². The van der Waals surface area contributed by atoms with Gasteiger partial charge in [-0.3, -0.25) is 0 Å². The molecule has 0 amide bonds. The molecule has 10 heteroatoms. The van der Waals surface area contributed by atoms with Gasteiger partial charge in [0.1, 0.15) is 17.4 Å². The first-order valence-corrected chi connectivity index (χ1v) is 6.65. The van der Waals surface area contributed by atoms with Gasteiger partial charge < -0.3 is 4.74 Å². The lowest BCUT2D eigenvalue weighted by molar-refractivity contribution is -0.143. The third-order valence-electron chi connectivity index (χ3n) is 3.31. The van der Waals surface area contributed by atoms with Gasteiger partial charge in [0.05, 0.1) is 16.8 Å². The molecule has 4 nitrogen and oxygen atoms in total. The van der Waals surface area contributed by atoms with Gasteiger partial charge in [0.15, 0.2) is 0 Å². The molecule has 0 spiro atoms. The Labute approximate surface area is 137 Å². The molecule has 0 radical (unpaired) electrons. The van der Waals surface area contributed by atoms with Crippen LogP contribution in [0.1, 0.15) is 27.9 Å². The first kappa shape index (κ1) is 18.5. The van der Waals surface area contributed by atoms with Crippen molar-refractivity contribution in [1.82, 2.24) is 10.2 Å². The van der Waals surface area contributed by atoms with Crippen molar-refractivity contribution in [2.75, 3.05) is 0 Å². The number of halogens is 6. The van der Waals surface area contributed by atoms with Gasteiger partial charge in [0.2, 0.25) is 0 Å². The molecule has 1 aromatic carbocycles. The van der Waals surface area contributed by atoms with Crippen LogP contribution in [0.25, 0.3) is 0 Å². The van der Waals surface area contributed by atoms with Crippen LogP contribution in [-0.2, 0) is 12.4 Å². The smallest absolute Gasteiger partial charge is 0.416 e. The van der Waals surface area contributed by atoms with Gasteiger partial charge >= 0.3 is 12.4 Å². The van der Waals surface area contributed by atoms with E-state index in [9.17, 15) is 26.3 Å². The van der Waals surface area contributed by atoms with E-state index in [2.05, 4.69) is 10.2 Å². The highest BCUT2D eigenvalue weighted by Gasteiger charge is 2.37. The molecule has 2 rings (SSSR count). The monoisotopic (exact) mass is 361 g/mol. The third-order valence-corrected chi connectivity index (χ3v) is 3.31. The maximum Gasteiger partial charge on any atom is 0.416 e. The van der Waals surface area contributed by atoms with Crippen LogP contribution in [0.4, 0.5) is 26.3 Å². The van der Waals surface area contributed by atoms with Crippen LogP contribution in [0.3, 0.4) is 0 Å². The first-order chi connectivity index (χ1) is 11.4. The Kier molecular flexibility index (Phi) is 4.61. The summed E-state index contributed by atoms with van der Waals surface area (Å²) in [6.07, 6.45) is -10.0. The van der Waals surface area contributed by atoms with Gasteiger partial charge in [-0.2, -0.15) is 36.7 Å². The molecule has 0 fully saturated rings. The summed E-state index contributed by atoms with van der Waals surface area (Å²) >= 11 is 0. The zero-order valence-electron chi connectivity index (χ0n) is 12.7. The zero-order valence-corrected chi connectivity index (χ0v) is 12.7. The topological polar surface area (TPSA) is 58.8 Å². The number of nitrogens with zero attached hydrogens (tertiary/aromatic N) is 3. The predicted octanol–water partition coefficient (Wildman–Crippen LogP) is 4.80. The van der Waals surface area contributed by atoms with Crippen molar-refractivity contribution in [3.63, 3.8) is 0 Å². The number of hydrogen-bond acceptors (Lipinski definition) is 4. The minimum atomic E-state index is -5.01. The molecule has 0 aliphatic rings. The minimum absolute atomic E-state index is 0.0237. The Morgan fingerprint density at radius 3 is 1.88 bits per heavy atom. The van der Waals surface area contributed by atoms with Crippen LogP contribution in [0.5, 0.6) is 11.6 Å². The van der Waals surface area contributed by atoms with Gasteiger partial charge in [0, 0.05) is 0 Å². The fourth-order valence-corrected chi connectivity index (χ4v) is 1.89. The lowest BCUT2D eigenvalue weighted by atomic mass is 10.1. The Hall–Kier alpha value is -2.83. The fraction of sp³-hybridized carbons (Fsp3) is 0.267. The summed E-state index contributed by atoms with van der Waals surface area (Å²) in [5, 5.41) is 16.3. The van der Waals surface area contributed by atoms with Crippen molar-refractivity contribution in [3.05, 3.63) is 46.1 Å². The van der Waals surface area contributed by atoms with Crippen LogP contribution in [0, 0.1) is 25.2 Å². The minimum Gasteiger partial charge on any atom is -0.437 e. The van der Waals surface area contributed by atoms with Crippen molar-refractivity contribution in [2.24, 2.45) is 0 Å². The Morgan fingerprint density at radius 2 is 1.44 bits per heavy atom. The second-order valence-electron chi connectivity index (χ2n) is 5.05. The molecule has 0 saturated carbocycles. The molecule has 2 aromatic rings. The molecule has 0 saturated heterocycles. The van der Waals surface area contributed by atoms with Crippen LogP contribution >= 0.6 is 0 Å². The van der Waals surface area contributed by atoms with Gasteiger partial charge in [-0.15, -0.1) is 5.10 Å². The maximum atomic E-state index is 12.8. The summed E-state index contributed by atoms with van der Waals surface area (Å²) in [5.74, 6) is -1.23. The Morgan fingerprint density at radius 1 is 0.920 bits per heavy atom. The number of hydrogen-bond donors (Lipinski definition) is 0. The van der Waals surface area contributed by atoms with Crippen LogP contribution in [0.2, 0.25) is 0 Å². The molecule has 0 N–H and O–H groups in total. The van der Waals surface area contributed by atoms with Crippen molar-refractivity contribution in [2.45, 2.75) is 26.2 Å². The van der Waals surface area contributed by atoms with E-state index in [1.54, 1.807) is 13.0 Å². The number of aromatic nitrogens is 2. The number of aryl methyl sites for hydroxylation is 1. The summed E-state index contributed by atoms with van der Waals surface area (Å²) in [4.78, 5) is 0. The number of ether oxygens (including phenoxy) is 1. The van der Waals surface area contributed by atoms with Gasteiger partial charge in [-0.05, 0) is 37.6 Å². The third kappa shape index (κ3) is 3.99. The van der Waals surface area contributed by atoms with Crippen molar-refractivity contribution in [3.8, 4) is 17.7 Å². The van der Waals surface area contributed by atoms with E-state index in [-0.39, 0.29) is 11.6 Å². The van der Waals surface area contributed by atoms with E-state index >= 15 is 0 Å². The molecule has 1 aromatic heterocycles. The van der Waals surface area contributed by atoms with E-state index in [4.69, 9.17) is 10.00 Å². The van der Waals surface area contributed by atoms with Crippen LogP contribution in [-0.4, -0.2) is 10.2 Å². The average Bonchev–Trinajstić information content (AvgIpc) is 2.49. The Balaban J connectivity index is 2.58. The second-order valence-corrected chi connectivity index (χ2v) is 5.05. The number of nitriles is 1. The second kappa shape index (κ2) is 6.23. The van der Waals surface area contributed by atoms with E-state index in [1.165, 1.54) is 6.92 Å². The standard InChI is InChI=1S/C15H9F6N3O/c1-7-8(2)23-24-13(12(7)6-22)25-11-4-9(14(16,17)18)3-10(5-11)15(19,20)21/h3-5H,1-2H3. The first-order valence-electron chi connectivity index (χ1n) is 6.65. The molecular formula is C15H9F6N3O. The molecule has 0 atom stereocenters.